The van der Waals surface area contributed by atoms with Crippen molar-refractivity contribution in [2.45, 2.75) is 6.04 Å². The Balaban J connectivity index is 0.00000261. The number of methoxy groups -OCH3 is 1. The zero-order valence-corrected chi connectivity index (χ0v) is 16.4. The van der Waals surface area contributed by atoms with Crippen LogP contribution in [0.15, 0.2) is 42.5 Å². The molecule has 1 unspecified atom stereocenters. The topological polar surface area (TPSA) is 50.8 Å². The summed E-state index contributed by atoms with van der Waals surface area (Å²) in [4.78, 5) is 14.5. The maximum absolute atomic E-state index is 13.1. The highest BCUT2D eigenvalue weighted by molar-refractivity contribution is 6.32. The summed E-state index contributed by atoms with van der Waals surface area (Å²) in [6.07, 6.45) is 0. The van der Waals surface area contributed by atoms with Crippen LogP contribution in [0.25, 0.3) is 0 Å². The molecule has 1 N–H and O–H groups in total. The van der Waals surface area contributed by atoms with E-state index in [0.717, 1.165) is 17.4 Å². The highest BCUT2D eigenvalue weighted by Gasteiger charge is 2.30. The van der Waals surface area contributed by atoms with Crippen molar-refractivity contribution in [2.24, 2.45) is 0 Å². The number of hydrogen-bond acceptors (Lipinski definition) is 4. The van der Waals surface area contributed by atoms with Gasteiger partial charge in [-0.2, -0.15) is 0 Å². The molecule has 1 atom stereocenters. The minimum atomic E-state index is -0.452. The molecule has 1 heterocycles. The second-order valence-corrected chi connectivity index (χ2v) is 6.32. The predicted octanol–water partition coefficient (Wildman–Crippen LogP) is 3.46. The van der Waals surface area contributed by atoms with Gasteiger partial charge >= 0.3 is 0 Å². The Morgan fingerprint density at radius 1 is 1.30 bits per heavy atom. The van der Waals surface area contributed by atoms with Gasteiger partial charge in [-0.25, -0.2) is 4.39 Å². The first kappa shape index (κ1) is 21.3. The summed E-state index contributed by atoms with van der Waals surface area (Å²) < 4.78 is 24.1. The average molecular weight is 415 g/mol. The summed E-state index contributed by atoms with van der Waals surface area (Å²) in [5.41, 5.74) is 0.940. The van der Waals surface area contributed by atoms with E-state index >= 15 is 0 Å². The van der Waals surface area contributed by atoms with Crippen molar-refractivity contribution in [1.82, 2.24) is 10.2 Å². The maximum Gasteiger partial charge on any atom is 0.261 e. The van der Waals surface area contributed by atoms with E-state index in [1.807, 2.05) is 24.3 Å². The molecule has 0 saturated carbocycles. The molecule has 1 amide bonds. The van der Waals surface area contributed by atoms with E-state index in [4.69, 9.17) is 21.1 Å². The number of halogens is 3. The van der Waals surface area contributed by atoms with Crippen LogP contribution >= 0.6 is 24.0 Å². The lowest BCUT2D eigenvalue weighted by atomic mass is 10.0. The number of carbonyl (C=O) groups is 1. The summed E-state index contributed by atoms with van der Waals surface area (Å²) in [7, 11) is 1.61. The fraction of sp³-hybridized carbons (Fsp3) is 0.316. The molecule has 1 aliphatic heterocycles. The van der Waals surface area contributed by atoms with E-state index in [9.17, 15) is 9.18 Å². The van der Waals surface area contributed by atoms with Gasteiger partial charge in [0, 0.05) is 25.2 Å². The number of amides is 1. The summed E-state index contributed by atoms with van der Waals surface area (Å²) in [5, 5.41) is 3.44. The Kier molecular flexibility index (Phi) is 7.71. The Hall–Kier alpha value is -2.02. The normalized spacial score (nSPS) is 16.4. The second-order valence-electron chi connectivity index (χ2n) is 5.91. The van der Waals surface area contributed by atoms with Gasteiger partial charge in [0.15, 0.2) is 6.61 Å². The standard InChI is InChI=1S/C19H20ClFN2O3.ClH/c1-25-17-5-3-2-4-14(17)16-11-22-8-9-23(16)19(24)12-26-18-7-6-13(21)10-15(18)20;/h2-7,10,16,22H,8-9,11-12H2,1H3;1H. The molecule has 2 aromatic carbocycles. The van der Waals surface area contributed by atoms with E-state index in [1.54, 1.807) is 12.0 Å². The Labute approximate surface area is 168 Å². The van der Waals surface area contributed by atoms with Gasteiger partial charge in [0.25, 0.3) is 5.91 Å². The summed E-state index contributed by atoms with van der Waals surface area (Å²) >= 11 is 5.95. The summed E-state index contributed by atoms with van der Waals surface area (Å²) in [6.45, 7) is 1.72. The van der Waals surface area contributed by atoms with Crippen molar-refractivity contribution in [3.05, 3.63) is 58.9 Å². The molecular weight excluding hydrogens is 394 g/mol. The largest absolute Gasteiger partial charge is 0.496 e. The molecule has 0 radical (unpaired) electrons. The lowest BCUT2D eigenvalue weighted by Crippen LogP contribution is -2.50. The zero-order valence-electron chi connectivity index (χ0n) is 14.8. The van der Waals surface area contributed by atoms with Crippen LogP contribution in [0, 0.1) is 5.82 Å². The number of nitrogens with one attached hydrogen (secondary N) is 1. The molecule has 146 valence electrons. The van der Waals surface area contributed by atoms with Crippen molar-refractivity contribution in [2.75, 3.05) is 33.4 Å². The monoisotopic (exact) mass is 414 g/mol. The number of piperazine rings is 1. The zero-order chi connectivity index (χ0) is 18.5. The van der Waals surface area contributed by atoms with Crippen LogP contribution in [0.5, 0.6) is 11.5 Å². The van der Waals surface area contributed by atoms with Crippen LogP contribution in [0.3, 0.4) is 0 Å². The lowest BCUT2D eigenvalue weighted by Gasteiger charge is -2.37. The highest BCUT2D eigenvalue weighted by atomic mass is 35.5. The second kappa shape index (κ2) is 9.78. The number of benzene rings is 2. The number of ether oxygens (including phenoxy) is 2. The van der Waals surface area contributed by atoms with Crippen molar-refractivity contribution < 1.29 is 18.7 Å². The van der Waals surface area contributed by atoms with Gasteiger partial charge in [0.2, 0.25) is 0 Å². The first-order valence-corrected chi connectivity index (χ1v) is 8.69. The van der Waals surface area contributed by atoms with Crippen LogP contribution in [-0.4, -0.2) is 44.2 Å². The number of para-hydroxylation sites is 1. The molecule has 1 saturated heterocycles. The Bertz CT molecular complexity index is 791. The fourth-order valence-electron chi connectivity index (χ4n) is 3.04. The van der Waals surface area contributed by atoms with Gasteiger partial charge in [0.1, 0.15) is 17.3 Å². The summed E-state index contributed by atoms with van der Waals surface area (Å²) in [5.74, 6) is 0.404. The lowest BCUT2D eigenvalue weighted by molar-refractivity contribution is -0.136. The van der Waals surface area contributed by atoms with Crippen LogP contribution in [0.4, 0.5) is 4.39 Å². The van der Waals surface area contributed by atoms with Crippen molar-refractivity contribution in [3.8, 4) is 11.5 Å². The van der Waals surface area contributed by atoms with E-state index < -0.39 is 5.82 Å². The number of nitrogens with zero attached hydrogens (tertiary/aromatic N) is 1. The Morgan fingerprint density at radius 2 is 2.07 bits per heavy atom. The Morgan fingerprint density at radius 3 is 2.81 bits per heavy atom. The third-order valence-corrected chi connectivity index (χ3v) is 4.60. The molecule has 1 fully saturated rings. The average Bonchev–Trinajstić information content (AvgIpc) is 2.67. The first-order valence-electron chi connectivity index (χ1n) is 8.31. The SMILES string of the molecule is COc1ccccc1C1CNCCN1C(=O)COc1ccc(F)cc1Cl.Cl. The van der Waals surface area contributed by atoms with Gasteiger partial charge < -0.3 is 19.7 Å². The number of carbonyl (C=O) groups excluding carboxylic acids is 1. The quantitative estimate of drug-likeness (QED) is 0.813. The summed E-state index contributed by atoms with van der Waals surface area (Å²) in [6, 6.07) is 11.3. The predicted molar refractivity (Wildman–Crippen MR) is 104 cm³/mol. The van der Waals surface area contributed by atoms with E-state index in [2.05, 4.69) is 5.32 Å². The maximum atomic E-state index is 13.1. The van der Waals surface area contributed by atoms with Crippen LogP contribution in [0.2, 0.25) is 5.02 Å². The van der Waals surface area contributed by atoms with Gasteiger partial charge in [-0.3, -0.25) is 4.79 Å². The van der Waals surface area contributed by atoms with Crippen LogP contribution in [0.1, 0.15) is 11.6 Å². The third-order valence-electron chi connectivity index (χ3n) is 4.31. The minimum absolute atomic E-state index is 0. The van der Waals surface area contributed by atoms with Crippen LogP contribution in [-0.2, 0) is 4.79 Å². The first-order chi connectivity index (χ1) is 12.6. The molecule has 0 aromatic heterocycles. The van der Waals surface area contributed by atoms with Gasteiger partial charge in [-0.15, -0.1) is 12.4 Å². The van der Waals surface area contributed by atoms with E-state index in [1.165, 1.54) is 12.1 Å². The molecule has 0 aliphatic carbocycles. The highest BCUT2D eigenvalue weighted by Crippen LogP contribution is 2.30. The van der Waals surface area contributed by atoms with Gasteiger partial charge in [-0.1, -0.05) is 29.8 Å². The smallest absolute Gasteiger partial charge is 0.261 e. The van der Waals surface area contributed by atoms with Crippen molar-refractivity contribution in [3.63, 3.8) is 0 Å². The fourth-order valence-corrected chi connectivity index (χ4v) is 3.26. The number of hydrogen-bond donors (Lipinski definition) is 1. The third kappa shape index (κ3) is 5.03. The molecule has 5 nitrogen and oxygen atoms in total. The molecule has 0 bridgehead atoms. The molecular formula is C19H21Cl2FN2O3. The van der Waals surface area contributed by atoms with Crippen molar-refractivity contribution >= 4 is 29.9 Å². The molecule has 1 aliphatic rings. The molecule has 3 rings (SSSR count). The van der Waals surface area contributed by atoms with E-state index in [-0.39, 0.29) is 41.7 Å². The molecule has 2 aromatic rings. The van der Waals surface area contributed by atoms with E-state index in [0.29, 0.717) is 19.6 Å². The molecule has 0 spiro atoms. The van der Waals surface area contributed by atoms with Gasteiger partial charge in [0.05, 0.1) is 18.2 Å². The minimum Gasteiger partial charge on any atom is -0.496 e. The molecule has 27 heavy (non-hydrogen) atoms. The van der Waals surface area contributed by atoms with Gasteiger partial charge in [-0.05, 0) is 24.3 Å². The number of rotatable bonds is 5. The molecule has 8 heteroatoms. The van der Waals surface area contributed by atoms with Crippen LogP contribution < -0.4 is 14.8 Å². The van der Waals surface area contributed by atoms with Crippen molar-refractivity contribution in [1.29, 1.82) is 0 Å².